The predicted molar refractivity (Wildman–Crippen MR) is 131 cm³/mol. The summed E-state index contributed by atoms with van der Waals surface area (Å²) in [7, 11) is 0. The standard InChI is InChI=1S/C28H27N3O/c1-20(2)16-17-30-26-15-9-7-13-24(26)29-27(30)19-31-25-14-8-6-12-22(25)23(28(31)32)18-21-10-4-3-5-11-21/h3-15,18,20H,16-17,19H2,1-2H3/b23-18-. The number of fused-ring (bicyclic) bond motifs is 2. The van der Waals surface area contributed by atoms with Crippen molar-refractivity contribution in [3.05, 3.63) is 95.8 Å². The predicted octanol–water partition coefficient (Wildman–Crippen LogP) is 6.17. The lowest BCUT2D eigenvalue weighted by molar-refractivity contribution is -0.113. The molecule has 1 aliphatic heterocycles. The average molecular weight is 422 g/mol. The maximum Gasteiger partial charge on any atom is 0.259 e. The molecular formula is C28H27N3O. The molecule has 32 heavy (non-hydrogen) atoms. The first-order valence-electron chi connectivity index (χ1n) is 11.2. The third-order valence-electron chi connectivity index (χ3n) is 6.03. The largest absolute Gasteiger partial charge is 0.326 e. The van der Waals surface area contributed by atoms with E-state index in [2.05, 4.69) is 30.5 Å². The average Bonchev–Trinajstić information content (AvgIpc) is 3.29. The Morgan fingerprint density at radius 1 is 0.906 bits per heavy atom. The quantitative estimate of drug-likeness (QED) is 0.349. The molecule has 4 aromatic rings. The minimum atomic E-state index is 0.0255. The number of aryl methyl sites for hydroxylation is 1. The zero-order valence-corrected chi connectivity index (χ0v) is 18.5. The first kappa shape index (κ1) is 20.3. The molecule has 0 aliphatic carbocycles. The van der Waals surface area contributed by atoms with Gasteiger partial charge in [0.1, 0.15) is 5.82 Å². The minimum absolute atomic E-state index is 0.0255. The van der Waals surface area contributed by atoms with E-state index in [1.54, 1.807) is 0 Å². The van der Waals surface area contributed by atoms with Crippen LogP contribution in [0.5, 0.6) is 0 Å². The summed E-state index contributed by atoms with van der Waals surface area (Å²) in [6.45, 7) is 5.82. The van der Waals surface area contributed by atoms with Crippen LogP contribution < -0.4 is 4.90 Å². The highest BCUT2D eigenvalue weighted by molar-refractivity contribution is 6.35. The van der Waals surface area contributed by atoms with Crippen LogP contribution in [0.4, 0.5) is 5.69 Å². The van der Waals surface area contributed by atoms with Crippen molar-refractivity contribution in [3.8, 4) is 0 Å². The van der Waals surface area contributed by atoms with Crippen LogP contribution in [0.2, 0.25) is 0 Å². The first-order valence-corrected chi connectivity index (χ1v) is 11.2. The van der Waals surface area contributed by atoms with Gasteiger partial charge in [-0.15, -0.1) is 0 Å². The highest BCUT2D eigenvalue weighted by Gasteiger charge is 2.33. The van der Waals surface area contributed by atoms with Crippen molar-refractivity contribution in [2.24, 2.45) is 5.92 Å². The summed E-state index contributed by atoms with van der Waals surface area (Å²) in [4.78, 5) is 20.4. The number of aromatic nitrogens is 2. The molecule has 2 heterocycles. The molecule has 0 unspecified atom stereocenters. The smallest absolute Gasteiger partial charge is 0.259 e. The minimum Gasteiger partial charge on any atom is -0.326 e. The van der Waals surface area contributed by atoms with Gasteiger partial charge in [-0.2, -0.15) is 0 Å². The summed E-state index contributed by atoms with van der Waals surface area (Å²) in [5.74, 6) is 1.55. The van der Waals surface area contributed by atoms with Gasteiger partial charge in [0.15, 0.2) is 0 Å². The zero-order valence-electron chi connectivity index (χ0n) is 18.5. The molecule has 0 N–H and O–H groups in total. The van der Waals surface area contributed by atoms with Gasteiger partial charge in [-0.25, -0.2) is 4.98 Å². The van der Waals surface area contributed by atoms with Gasteiger partial charge in [0.05, 0.1) is 23.3 Å². The normalized spacial score (nSPS) is 14.7. The third-order valence-corrected chi connectivity index (χ3v) is 6.03. The lowest BCUT2D eigenvalue weighted by atomic mass is 10.0. The van der Waals surface area contributed by atoms with E-state index in [0.29, 0.717) is 12.5 Å². The van der Waals surface area contributed by atoms with Gasteiger partial charge < -0.3 is 9.47 Å². The summed E-state index contributed by atoms with van der Waals surface area (Å²) in [5, 5.41) is 0. The van der Waals surface area contributed by atoms with Crippen LogP contribution in [0.15, 0.2) is 78.9 Å². The van der Waals surface area contributed by atoms with Gasteiger partial charge >= 0.3 is 0 Å². The number of carbonyl (C=O) groups excluding carboxylic acids is 1. The molecule has 4 heteroatoms. The molecule has 0 atom stereocenters. The molecule has 0 spiro atoms. The van der Waals surface area contributed by atoms with Crippen LogP contribution in [0.25, 0.3) is 22.7 Å². The van der Waals surface area contributed by atoms with Crippen LogP contribution in [-0.4, -0.2) is 15.5 Å². The number of hydrogen-bond acceptors (Lipinski definition) is 2. The summed E-state index contributed by atoms with van der Waals surface area (Å²) in [6.07, 6.45) is 3.06. The second kappa shape index (κ2) is 8.46. The number of anilines is 1. The summed E-state index contributed by atoms with van der Waals surface area (Å²) in [5.41, 5.74) is 5.79. The summed E-state index contributed by atoms with van der Waals surface area (Å²) < 4.78 is 2.28. The molecule has 0 fully saturated rings. The number of carbonyl (C=O) groups is 1. The van der Waals surface area contributed by atoms with Crippen molar-refractivity contribution < 1.29 is 4.79 Å². The van der Waals surface area contributed by atoms with E-state index in [9.17, 15) is 4.79 Å². The first-order chi connectivity index (χ1) is 15.6. The lowest BCUT2D eigenvalue weighted by Crippen LogP contribution is -2.27. The van der Waals surface area contributed by atoms with E-state index >= 15 is 0 Å². The lowest BCUT2D eigenvalue weighted by Gasteiger charge is -2.18. The van der Waals surface area contributed by atoms with E-state index in [-0.39, 0.29) is 5.91 Å². The number of nitrogens with zero attached hydrogens (tertiary/aromatic N) is 3. The van der Waals surface area contributed by atoms with Crippen LogP contribution >= 0.6 is 0 Å². The Morgan fingerprint density at radius 2 is 1.62 bits per heavy atom. The molecule has 160 valence electrons. The van der Waals surface area contributed by atoms with Crippen molar-refractivity contribution in [3.63, 3.8) is 0 Å². The molecule has 5 rings (SSSR count). The molecule has 0 radical (unpaired) electrons. The third kappa shape index (κ3) is 3.73. The second-order valence-electron chi connectivity index (χ2n) is 8.73. The second-order valence-corrected chi connectivity index (χ2v) is 8.73. The van der Waals surface area contributed by atoms with E-state index < -0.39 is 0 Å². The number of benzene rings is 3. The van der Waals surface area contributed by atoms with E-state index in [4.69, 9.17) is 4.98 Å². The molecule has 1 amide bonds. The maximum atomic E-state index is 13.6. The van der Waals surface area contributed by atoms with Crippen molar-refractivity contribution in [1.82, 2.24) is 9.55 Å². The molecule has 1 aromatic heterocycles. The SMILES string of the molecule is CC(C)CCn1c(CN2C(=O)/C(=C\c3ccccc3)c3ccccc32)nc2ccccc21. The van der Waals surface area contributed by atoms with Gasteiger partial charge in [0, 0.05) is 17.7 Å². The van der Waals surface area contributed by atoms with Gasteiger partial charge in [0.25, 0.3) is 5.91 Å². The Hall–Kier alpha value is -3.66. The molecule has 3 aromatic carbocycles. The number of imidazole rings is 1. The molecule has 1 aliphatic rings. The summed E-state index contributed by atoms with van der Waals surface area (Å²) in [6, 6.07) is 26.3. The fraction of sp³-hybridized carbons (Fsp3) is 0.214. The molecular weight excluding hydrogens is 394 g/mol. The Kier molecular flexibility index (Phi) is 5.36. The highest BCUT2D eigenvalue weighted by atomic mass is 16.2. The van der Waals surface area contributed by atoms with Gasteiger partial charge in [-0.05, 0) is 42.2 Å². The van der Waals surface area contributed by atoms with Crippen LogP contribution in [-0.2, 0) is 17.9 Å². The molecule has 4 nitrogen and oxygen atoms in total. The fourth-order valence-electron chi connectivity index (χ4n) is 4.34. The van der Waals surface area contributed by atoms with Gasteiger partial charge in [0.2, 0.25) is 0 Å². The number of hydrogen-bond donors (Lipinski definition) is 0. The van der Waals surface area contributed by atoms with E-state index in [0.717, 1.165) is 52.2 Å². The molecule has 0 saturated carbocycles. The molecule has 0 saturated heterocycles. The molecule has 0 bridgehead atoms. The highest BCUT2D eigenvalue weighted by Crippen LogP contribution is 2.38. The Balaban J connectivity index is 1.55. The maximum absolute atomic E-state index is 13.6. The zero-order chi connectivity index (χ0) is 22.1. The van der Waals surface area contributed by atoms with Crippen molar-refractivity contribution in [2.75, 3.05) is 4.90 Å². The number of amides is 1. The van der Waals surface area contributed by atoms with E-state index in [1.165, 1.54) is 0 Å². The Morgan fingerprint density at radius 3 is 2.44 bits per heavy atom. The van der Waals surface area contributed by atoms with Crippen molar-refractivity contribution in [1.29, 1.82) is 0 Å². The Bertz CT molecular complexity index is 1300. The van der Waals surface area contributed by atoms with Crippen LogP contribution in [0.1, 0.15) is 37.2 Å². The van der Waals surface area contributed by atoms with Gasteiger partial charge in [-0.1, -0.05) is 74.5 Å². The van der Waals surface area contributed by atoms with Gasteiger partial charge in [-0.3, -0.25) is 4.79 Å². The topological polar surface area (TPSA) is 38.1 Å². The van der Waals surface area contributed by atoms with Crippen LogP contribution in [0.3, 0.4) is 0 Å². The number of para-hydroxylation sites is 3. The monoisotopic (exact) mass is 421 g/mol. The van der Waals surface area contributed by atoms with E-state index in [1.807, 2.05) is 77.7 Å². The van der Waals surface area contributed by atoms with Crippen molar-refractivity contribution >= 4 is 34.3 Å². The van der Waals surface area contributed by atoms with Crippen LogP contribution in [0, 0.1) is 5.92 Å². The Labute approximate surface area is 188 Å². The number of rotatable bonds is 6. The van der Waals surface area contributed by atoms with Crippen molar-refractivity contribution in [2.45, 2.75) is 33.4 Å². The fourth-order valence-corrected chi connectivity index (χ4v) is 4.34. The summed E-state index contributed by atoms with van der Waals surface area (Å²) >= 11 is 0.